The topological polar surface area (TPSA) is 81.0 Å². The predicted octanol–water partition coefficient (Wildman–Crippen LogP) is 2.43. The number of aromatic nitrogens is 4. The molecule has 0 saturated heterocycles. The van der Waals surface area contributed by atoms with Crippen LogP contribution in [-0.2, 0) is 19.5 Å². The first-order valence-electron chi connectivity index (χ1n) is 9.81. The fraction of sp³-hybridized carbons (Fsp3) is 0.174. The van der Waals surface area contributed by atoms with Crippen LogP contribution in [0.3, 0.4) is 0 Å². The largest absolute Gasteiger partial charge is 0.333 e. The lowest BCUT2D eigenvalue weighted by atomic mass is 10.1. The number of hydrogen-bond donors (Lipinski definition) is 0. The summed E-state index contributed by atoms with van der Waals surface area (Å²) in [5.74, 6) is -0.133. The van der Waals surface area contributed by atoms with Crippen LogP contribution in [0.2, 0.25) is 0 Å². The zero-order valence-corrected chi connectivity index (χ0v) is 16.2. The zero-order chi connectivity index (χ0) is 20.5. The van der Waals surface area contributed by atoms with Gasteiger partial charge in [0.25, 0.3) is 11.5 Å². The zero-order valence-electron chi connectivity index (χ0n) is 16.2. The van der Waals surface area contributed by atoms with E-state index in [0.717, 1.165) is 27.7 Å². The summed E-state index contributed by atoms with van der Waals surface area (Å²) in [6.45, 7) is 1.28. The van der Waals surface area contributed by atoms with Crippen LogP contribution in [0.5, 0.6) is 0 Å². The van der Waals surface area contributed by atoms with E-state index < -0.39 is 0 Å². The second kappa shape index (κ2) is 7.51. The number of carbonyl (C=O) groups excluding carboxylic acids is 1. The van der Waals surface area contributed by atoms with Crippen molar-refractivity contribution in [2.45, 2.75) is 19.5 Å². The monoisotopic (exact) mass is 397 g/mol. The maximum atomic E-state index is 13.0. The predicted molar refractivity (Wildman–Crippen MR) is 112 cm³/mol. The third-order valence-electron chi connectivity index (χ3n) is 5.30. The van der Waals surface area contributed by atoms with Gasteiger partial charge in [-0.1, -0.05) is 30.3 Å². The summed E-state index contributed by atoms with van der Waals surface area (Å²) in [4.78, 5) is 35.9. The van der Waals surface area contributed by atoms with Gasteiger partial charge in [0, 0.05) is 48.9 Å². The lowest BCUT2D eigenvalue weighted by molar-refractivity contribution is 0.0727. The third kappa shape index (κ3) is 3.45. The summed E-state index contributed by atoms with van der Waals surface area (Å²) in [6.07, 6.45) is 4.02. The molecule has 0 aliphatic carbocycles. The Morgan fingerprint density at radius 2 is 1.97 bits per heavy atom. The van der Waals surface area contributed by atoms with Crippen molar-refractivity contribution in [1.29, 1.82) is 0 Å². The Bertz CT molecular complexity index is 1300. The van der Waals surface area contributed by atoms with E-state index in [1.54, 1.807) is 29.4 Å². The van der Waals surface area contributed by atoms with Crippen molar-refractivity contribution in [3.63, 3.8) is 0 Å². The second-order valence-corrected chi connectivity index (χ2v) is 7.34. The van der Waals surface area contributed by atoms with Crippen molar-refractivity contribution < 1.29 is 4.79 Å². The molecule has 1 aliphatic heterocycles. The molecule has 0 fully saturated rings. The van der Waals surface area contributed by atoms with Crippen molar-refractivity contribution in [3.05, 3.63) is 99.9 Å². The van der Waals surface area contributed by atoms with Gasteiger partial charge in [-0.2, -0.15) is 5.10 Å². The van der Waals surface area contributed by atoms with Crippen LogP contribution < -0.4 is 5.56 Å². The number of nitrogens with zero attached hydrogens (tertiary/aromatic N) is 5. The Morgan fingerprint density at radius 3 is 2.83 bits per heavy atom. The summed E-state index contributed by atoms with van der Waals surface area (Å²) < 4.78 is 1.46. The van der Waals surface area contributed by atoms with Crippen LogP contribution in [0, 0.1) is 0 Å². The van der Waals surface area contributed by atoms with Crippen molar-refractivity contribution in [1.82, 2.24) is 24.6 Å². The number of hydrogen-bond acceptors (Lipinski definition) is 5. The molecule has 7 nitrogen and oxygen atoms in total. The Hall–Kier alpha value is -3.87. The van der Waals surface area contributed by atoms with E-state index in [0.29, 0.717) is 31.7 Å². The first-order chi connectivity index (χ1) is 14.7. The van der Waals surface area contributed by atoms with Gasteiger partial charge >= 0.3 is 0 Å². The maximum Gasteiger partial charge on any atom is 0.272 e. The van der Waals surface area contributed by atoms with Gasteiger partial charge in [-0.15, -0.1) is 0 Å². The van der Waals surface area contributed by atoms with Gasteiger partial charge in [0.05, 0.1) is 17.8 Å². The van der Waals surface area contributed by atoms with E-state index in [1.807, 2.05) is 42.5 Å². The van der Waals surface area contributed by atoms with Crippen molar-refractivity contribution in [2.75, 3.05) is 6.54 Å². The average Bonchev–Trinajstić information content (AvgIpc) is 2.79. The van der Waals surface area contributed by atoms with Crippen LogP contribution in [0.15, 0.2) is 71.8 Å². The van der Waals surface area contributed by atoms with Crippen molar-refractivity contribution >= 4 is 16.8 Å². The minimum absolute atomic E-state index is 0.133. The van der Waals surface area contributed by atoms with Crippen molar-refractivity contribution in [2.24, 2.45) is 0 Å². The fourth-order valence-corrected chi connectivity index (χ4v) is 3.74. The smallest absolute Gasteiger partial charge is 0.272 e. The number of fused-ring (bicyclic) bond motifs is 2. The molecule has 0 bridgehead atoms. The number of para-hydroxylation sites is 1. The summed E-state index contributed by atoms with van der Waals surface area (Å²) in [6, 6.07) is 16.7. The van der Waals surface area contributed by atoms with Gasteiger partial charge in [0.2, 0.25) is 0 Å². The van der Waals surface area contributed by atoms with Gasteiger partial charge in [-0.25, -0.2) is 9.67 Å². The van der Waals surface area contributed by atoms with E-state index in [4.69, 9.17) is 0 Å². The van der Waals surface area contributed by atoms with E-state index in [1.165, 1.54) is 4.68 Å². The molecule has 0 spiro atoms. The standard InChI is InChI=1S/C23H19N5O2/c29-22-12-18-15-27(23(30)21-8-7-17-5-1-2-6-19(17)25-21)11-9-20(18)26-28(22)14-16-4-3-10-24-13-16/h1-8,10,12-13H,9,11,14-15H2. The van der Waals surface area contributed by atoms with E-state index in [-0.39, 0.29) is 11.5 Å². The summed E-state index contributed by atoms with van der Waals surface area (Å²) in [7, 11) is 0. The number of benzene rings is 1. The summed E-state index contributed by atoms with van der Waals surface area (Å²) in [5, 5.41) is 5.54. The molecule has 4 aromatic rings. The number of carbonyl (C=O) groups is 1. The molecular formula is C23H19N5O2. The van der Waals surface area contributed by atoms with Gasteiger partial charge in [-0.05, 0) is 23.8 Å². The van der Waals surface area contributed by atoms with Gasteiger partial charge < -0.3 is 4.90 Å². The SMILES string of the molecule is O=C(c1ccc2ccccc2n1)N1CCc2nn(Cc3cccnc3)c(=O)cc2C1. The molecule has 5 rings (SSSR count). The molecule has 30 heavy (non-hydrogen) atoms. The van der Waals surface area contributed by atoms with Crippen LogP contribution in [0.25, 0.3) is 10.9 Å². The van der Waals surface area contributed by atoms with Crippen molar-refractivity contribution in [3.8, 4) is 0 Å². The number of amides is 1. The molecule has 7 heteroatoms. The molecule has 1 aromatic carbocycles. The molecule has 1 amide bonds. The van der Waals surface area contributed by atoms with Crippen LogP contribution in [0.1, 0.15) is 27.3 Å². The maximum absolute atomic E-state index is 13.0. The molecule has 0 N–H and O–H groups in total. The molecule has 0 radical (unpaired) electrons. The van der Waals surface area contributed by atoms with Crippen LogP contribution in [0.4, 0.5) is 0 Å². The van der Waals surface area contributed by atoms with Gasteiger partial charge in [-0.3, -0.25) is 14.6 Å². The first-order valence-corrected chi connectivity index (χ1v) is 9.81. The summed E-state index contributed by atoms with van der Waals surface area (Å²) in [5.41, 5.74) is 3.59. The van der Waals surface area contributed by atoms with Gasteiger partial charge in [0.1, 0.15) is 5.69 Å². The Morgan fingerprint density at radius 1 is 1.07 bits per heavy atom. The lowest BCUT2D eigenvalue weighted by Gasteiger charge is -2.28. The van der Waals surface area contributed by atoms with Gasteiger partial charge in [0.15, 0.2) is 0 Å². The molecular weight excluding hydrogens is 378 g/mol. The number of rotatable bonds is 3. The Balaban J connectivity index is 1.38. The lowest BCUT2D eigenvalue weighted by Crippen LogP contribution is -2.39. The van der Waals surface area contributed by atoms with Crippen LogP contribution >= 0.6 is 0 Å². The molecule has 148 valence electrons. The molecule has 0 saturated carbocycles. The molecule has 4 heterocycles. The van der Waals surface area contributed by atoms with E-state index >= 15 is 0 Å². The highest BCUT2D eigenvalue weighted by Gasteiger charge is 2.24. The molecule has 1 aliphatic rings. The quantitative estimate of drug-likeness (QED) is 0.530. The molecule has 3 aromatic heterocycles. The normalized spacial score (nSPS) is 13.3. The number of pyridine rings is 2. The first kappa shape index (κ1) is 18.2. The highest BCUT2D eigenvalue weighted by molar-refractivity contribution is 5.95. The Labute approximate surface area is 172 Å². The third-order valence-corrected chi connectivity index (χ3v) is 5.30. The molecule has 0 unspecified atom stereocenters. The average molecular weight is 397 g/mol. The fourth-order valence-electron chi connectivity index (χ4n) is 3.74. The highest BCUT2D eigenvalue weighted by atomic mass is 16.2. The summed E-state index contributed by atoms with van der Waals surface area (Å²) >= 11 is 0. The second-order valence-electron chi connectivity index (χ2n) is 7.34. The van der Waals surface area contributed by atoms with Crippen LogP contribution in [-0.4, -0.2) is 37.1 Å². The van der Waals surface area contributed by atoms with E-state index in [2.05, 4.69) is 15.1 Å². The van der Waals surface area contributed by atoms with E-state index in [9.17, 15) is 9.59 Å². The minimum atomic E-state index is -0.185. The Kier molecular flexibility index (Phi) is 4.55. The minimum Gasteiger partial charge on any atom is -0.333 e. The molecule has 0 atom stereocenters. The highest BCUT2D eigenvalue weighted by Crippen LogP contribution is 2.19.